The van der Waals surface area contributed by atoms with Gasteiger partial charge in [0.25, 0.3) is 6.55 Å². The van der Waals surface area contributed by atoms with Crippen LogP contribution in [0.3, 0.4) is 0 Å². The van der Waals surface area contributed by atoms with Crippen molar-refractivity contribution in [3.8, 4) is 0 Å². The Morgan fingerprint density at radius 2 is 1.41 bits per heavy atom. The molecule has 4 nitrogen and oxygen atoms in total. The smallest absolute Gasteiger partial charge is 0.292 e. The molecular weight excluding hydrogens is 233 g/mol. The monoisotopic (exact) mass is 258 g/mol. The maximum Gasteiger partial charge on any atom is 0.292 e. The second-order valence-corrected chi connectivity index (χ2v) is 3.38. The van der Waals surface area contributed by atoms with Gasteiger partial charge in [0.2, 0.25) is 0 Å². The molecule has 106 valence electrons. The van der Waals surface area contributed by atoms with Crippen LogP contribution < -0.4 is 22.1 Å². The summed E-state index contributed by atoms with van der Waals surface area (Å²) in [5, 5.41) is 4.55. The Labute approximate surface area is 101 Å². The number of rotatable bonds is 10. The number of nitrogens with two attached hydrogens (primary N) is 2. The van der Waals surface area contributed by atoms with Crippen LogP contribution in [0.4, 0.5) is 13.2 Å². The number of halogens is 3. The van der Waals surface area contributed by atoms with Gasteiger partial charge in [0.1, 0.15) is 6.80 Å². The van der Waals surface area contributed by atoms with E-state index in [-0.39, 0.29) is 0 Å². The minimum atomic E-state index is -2.39. The quantitative estimate of drug-likeness (QED) is 0.345. The molecule has 0 unspecified atom stereocenters. The third-order valence-electron chi connectivity index (χ3n) is 1.83. The lowest BCUT2D eigenvalue weighted by Gasteiger charge is -2.00. The first-order valence-electron chi connectivity index (χ1n) is 5.87. The van der Waals surface area contributed by atoms with E-state index in [2.05, 4.69) is 5.32 Å². The number of hydrogen-bond acceptors (Lipinski definition) is 4. The molecule has 0 saturated heterocycles. The zero-order chi connectivity index (χ0) is 13.4. The van der Waals surface area contributed by atoms with Crippen LogP contribution in [-0.4, -0.2) is 39.5 Å². The molecule has 0 aliphatic heterocycles. The van der Waals surface area contributed by atoms with E-state index in [1.807, 2.05) is 5.32 Å². The summed E-state index contributed by atoms with van der Waals surface area (Å²) in [5.74, 6) is 0. The SMILES string of the molecule is NCCCCNC(F)F.NCCCCNCF. The average Bonchev–Trinajstić information content (AvgIpc) is 2.31. The molecule has 0 amide bonds. The minimum absolute atomic E-state index is 0.356. The molecule has 0 heterocycles. The van der Waals surface area contributed by atoms with E-state index in [4.69, 9.17) is 11.5 Å². The van der Waals surface area contributed by atoms with Gasteiger partial charge in [0.15, 0.2) is 0 Å². The number of unbranched alkanes of at least 4 members (excludes halogenated alkanes) is 2. The molecular formula is C10H25F3N4. The van der Waals surface area contributed by atoms with Crippen molar-refractivity contribution in [2.24, 2.45) is 11.5 Å². The van der Waals surface area contributed by atoms with Gasteiger partial charge < -0.3 is 11.5 Å². The Balaban J connectivity index is 0. The fraction of sp³-hybridized carbons (Fsp3) is 1.00. The first kappa shape index (κ1) is 19.0. The Hall–Kier alpha value is -0.370. The highest BCUT2D eigenvalue weighted by Gasteiger charge is 1.96. The second-order valence-electron chi connectivity index (χ2n) is 3.38. The second kappa shape index (κ2) is 18.0. The van der Waals surface area contributed by atoms with Gasteiger partial charge in [-0.05, 0) is 45.3 Å². The first-order chi connectivity index (χ1) is 8.18. The highest BCUT2D eigenvalue weighted by Crippen LogP contribution is 1.87. The topological polar surface area (TPSA) is 76.1 Å². The van der Waals surface area contributed by atoms with E-state index in [0.29, 0.717) is 19.6 Å². The van der Waals surface area contributed by atoms with Crippen LogP contribution in [0.25, 0.3) is 0 Å². The van der Waals surface area contributed by atoms with Crippen LogP contribution in [-0.2, 0) is 0 Å². The fourth-order valence-electron chi connectivity index (χ4n) is 0.942. The molecule has 0 aromatic heterocycles. The van der Waals surface area contributed by atoms with E-state index >= 15 is 0 Å². The summed E-state index contributed by atoms with van der Waals surface area (Å²) in [4.78, 5) is 0. The van der Waals surface area contributed by atoms with Gasteiger partial charge >= 0.3 is 0 Å². The number of nitrogens with one attached hydrogen (secondary N) is 2. The first-order valence-corrected chi connectivity index (χ1v) is 5.87. The van der Waals surface area contributed by atoms with Crippen molar-refractivity contribution in [3.05, 3.63) is 0 Å². The van der Waals surface area contributed by atoms with Crippen molar-refractivity contribution in [1.82, 2.24) is 10.6 Å². The molecule has 0 aliphatic carbocycles. The zero-order valence-electron chi connectivity index (χ0n) is 10.2. The Kier molecular flexibility index (Phi) is 20.1. The summed E-state index contributed by atoms with van der Waals surface area (Å²) < 4.78 is 33.9. The van der Waals surface area contributed by atoms with Gasteiger partial charge in [-0.3, -0.25) is 10.6 Å². The summed E-state index contributed by atoms with van der Waals surface area (Å²) in [7, 11) is 0. The lowest BCUT2D eigenvalue weighted by molar-refractivity contribution is 0.108. The molecule has 0 spiro atoms. The summed E-state index contributed by atoms with van der Waals surface area (Å²) in [6.45, 7) is -0.436. The molecule has 0 saturated carbocycles. The minimum Gasteiger partial charge on any atom is -0.330 e. The molecule has 6 N–H and O–H groups in total. The van der Waals surface area contributed by atoms with Crippen LogP contribution in [0, 0.1) is 0 Å². The molecule has 0 bridgehead atoms. The number of alkyl halides is 3. The third kappa shape index (κ3) is 25.7. The van der Waals surface area contributed by atoms with Gasteiger partial charge in [-0.25, -0.2) is 4.39 Å². The molecule has 0 aliphatic rings. The van der Waals surface area contributed by atoms with Gasteiger partial charge in [-0.15, -0.1) is 0 Å². The maximum atomic E-state index is 11.3. The molecule has 7 heteroatoms. The molecule has 0 atom stereocenters. The predicted molar refractivity (Wildman–Crippen MR) is 64.6 cm³/mol. The zero-order valence-corrected chi connectivity index (χ0v) is 10.2. The highest BCUT2D eigenvalue weighted by atomic mass is 19.3. The van der Waals surface area contributed by atoms with E-state index in [1.54, 1.807) is 0 Å². The molecule has 0 aromatic rings. The normalized spacial score (nSPS) is 10.2. The van der Waals surface area contributed by atoms with E-state index in [1.165, 1.54) is 0 Å². The van der Waals surface area contributed by atoms with Crippen LogP contribution in [0.15, 0.2) is 0 Å². The molecule has 17 heavy (non-hydrogen) atoms. The van der Waals surface area contributed by atoms with Crippen molar-refractivity contribution in [3.63, 3.8) is 0 Å². The lowest BCUT2D eigenvalue weighted by Crippen LogP contribution is -2.21. The summed E-state index contributed by atoms with van der Waals surface area (Å²) in [6.07, 6.45) is 3.48. The average molecular weight is 258 g/mol. The fourth-order valence-corrected chi connectivity index (χ4v) is 0.942. The molecule has 0 fully saturated rings. The van der Waals surface area contributed by atoms with Crippen LogP contribution in [0.5, 0.6) is 0 Å². The third-order valence-corrected chi connectivity index (χ3v) is 1.83. The summed E-state index contributed by atoms with van der Waals surface area (Å²) >= 11 is 0. The van der Waals surface area contributed by atoms with Gasteiger partial charge in [-0.1, -0.05) is 0 Å². The molecule has 0 radical (unpaired) electrons. The van der Waals surface area contributed by atoms with Crippen molar-refractivity contribution in [2.45, 2.75) is 32.2 Å². The van der Waals surface area contributed by atoms with E-state index < -0.39 is 13.3 Å². The van der Waals surface area contributed by atoms with Gasteiger partial charge in [0, 0.05) is 6.54 Å². The Morgan fingerprint density at radius 1 is 0.882 bits per heavy atom. The Bertz CT molecular complexity index is 122. The maximum absolute atomic E-state index is 11.3. The van der Waals surface area contributed by atoms with Crippen molar-refractivity contribution in [1.29, 1.82) is 0 Å². The number of hydrogen-bond donors (Lipinski definition) is 4. The van der Waals surface area contributed by atoms with Crippen molar-refractivity contribution < 1.29 is 13.2 Å². The summed E-state index contributed by atoms with van der Waals surface area (Å²) in [5.41, 5.74) is 10.3. The largest absolute Gasteiger partial charge is 0.330 e. The van der Waals surface area contributed by atoms with E-state index in [9.17, 15) is 13.2 Å². The van der Waals surface area contributed by atoms with Crippen molar-refractivity contribution in [2.75, 3.05) is 33.0 Å². The van der Waals surface area contributed by atoms with Crippen LogP contribution in [0.2, 0.25) is 0 Å². The van der Waals surface area contributed by atoms with E-state index in [0.717, 1.165) is 32.2 Å². The van der Waals surface area contributed by atoms with Crippen molar-refractivity contribution >= 4 is 0 Å². The van der Waals surface area contributed by atoms with Gasteiger partial charge in [-0.2, -0.15) is 8.78 Å². The van der Waals surface area contributed by atoms with Crippen LogP contribution >= 0.6 is 0 Å². The molecule has 0 aromatic carbocycles. The van der Waals surface area contributed by atoms with Gasteiger partial charge in [0.05, 0.1) is 0 Å². The molecule has 0 rings (SSSR count). The lowest BCUT2D eigenvalue weighted by atomic mass is 10.3. The predicted octanol–water partition coefficient (Wildman–Crippen LogP) is 0.779. The summed E-state index contributed by atoms with van der Waals surface area (Å²) in [6, 6.07) is 0. The highest BCUT2D eigenvalue weighted by molar-refractivity contribution is 4.45. The standard InChI is InChI=1S/C5H12F2N2.C5H13FN2/c6-5(7)9-4-2-1-3-8;6-5-8-4-2-1-3-7/h5,9H,1-4,8H2;8H,1-5,7H2. The van der Waals surface area contributed by atoms with Crippen LogP contribution in [0.1, 0.15) is 25.7 Å². The Morgan fingerprint density at radius 3 is 1.82 bits per heavy atom.